The molecule has 1 aromatic carbocycles. The normalized spacial score (nSPS) is 11.1. The first-order valence-electron chi connectivity index (χ1n) is 6.32. The highest BCUT2D eigenvalue weighted by molar-refractivity contribution is 7.99. The SMILES string of the molecule is CC(C)(C)OC(=O)CSCc1cc(C(=O)NN)ccc1F. The van der Waals surface area contributed by atoms with Crippen molar-refractivity contribution in [3.8, 4) is 0 Å². The topological polar surface area (TPSA) is 81.4 Å². The number of nitrogen functional groups attached to an aromatic ring is 1. The van der Waals surface area contributed by atoms with E-state index in [-0.39, 0.29) is 23.0 Å². The van der Waals surface area contributed by atoms with Gasteiger partial charge in [-0.25, -0.2) is 10.2 Å². The number of esters is 1. The molecule has 1 aromatic rings. The second kappa shape index (κ2) is 7.42. The van der Waals surface area contributed by atoms with Gasteiger partial charge in [-0.15, -0.1) is 11.8 Å². The van der Waals surface area contributed by atoms with Crippen LogP contribution < -0.4 is 11.3 Å². The van der Waals surface area contributed by atoms with Gasteiger partial charge in [0.05, 0.1) is 5.75 Å². The molecule has 1 amide bonds. The van der Waals surface area contributed by atoms with E-state index in [4.69, 9.17) is 10.6 Å². The first-order chi connectivity index (χ1) is 9.73. The molecule has 0 saturated heterocycles. The molecular weight excluding hydrogens is 295 g/mol. The maximum atomic E-state index is 13.6. The number of benzene rings is 1. The van der Waals surface area contributed by atoms with Crippen molar-refractivity contribution < 1.29 is 18.7 Å². The van der Waals surface area contributed by atoms with E-state index in [1.54, 1.807) is 20.8 Å². The molecule has 0 heterocycles. The van der Waals surface area contributed by atoms with Gasteiger partial charge in [-0.2, -0.15) is 0 Å². The summed E-state index contributed by atoms with van der Waals surface area (Å²) in [5.41, 5.74) is 2.05. The minimum Gasteiger partial charge on any atom is -0.459 e. The van der Waals surface area contributed by atoms with Gasteiger partial charge in [0.25, 0.3) is 5.91 Å². The lowest BCUT2D eigenvalue weighted by molar-refractivity contribution is -0.151. The minimum absolute atomic E-state index is 0.115. The van der Waals surface area contributed by atoms with Gasteiger partial charge in [-0.1, -0.05) is 0 Å². The monoisotopic (exact) mass is 314 g/mol. The van der Waals surface area contributed by atoms with E-state index in [0.29, 0.717) is 5.56 Å². The van der Waals surface area contributed by atoms with Gasteiger partial charge in [0.2, 0.25) is 0 Å². The number of halogens is 1. The quantitative estimate of drug-likeness (QED) is 0.376. The van der Waals surface area contributed by atoms with Crippen molar-refractivity contribution in [2.75, 3.05) is 5.75 Å². The Kier molecular flexibility index (Phi) is 6.17. The highest BCUT2D eigenvalue weighted by Crippen LogP contribution is 2.18. The summed E-state index contributed by atoms with van der Waals surface area (Å²) in [6.07, 6.45) is 0. The fourth-order valence-corrected chi connectivity index (χ4v) is 2.29. The molecule has 0 radical (unpaired) electrons. The number of rotatable bonds is 5. The van der Waals surface area contributed by atoms with Crippen LogP contribution in [0.1, 0.15) is 36.7 Å². The molecule has 0 spiro atoms. The molecule has 1 rings (SSSR count). The lowest BCUT2D eigenvalue weighted by Crippen LogP contribution is -2.30. The molecule has 0 fully saturated rings. The van der Waals surface area contributed by atoms with Gasteiger partial charge < -0.3 is 4.74 Å². The summed E-state index contributed by atoms with van der Waals surface area (Å²) in [7, 11) is 0. The second-order valence-electron chi connectivity index (χ2n) is 5.36. The van der Waals surface area contributed by atoms with Crippen LogP contribution in [0.25, 0.3) is 0 Å². The number of hydrogen-bond acceptors (Lipinski definition) is 5. The molecule has 0 aliphatic heterocycles. The average molecular weight is 314 g/mol. The van der Waals surface area contributed by atoms with Crippen LogP contribution in [0.2, 0.25) is 0 Å². The van der Waals surface area contributed by atoms with E-state index >= 15 is 0 Å². The summed E-state index contributed by atoms with van der Waals surface area (Å²) in [6, 6.07) is 3.97. The molecule has 0 saturated carbocycles. The third-order valence-corrected chi connectivity index (χ3v) is 3.29. The molecule has 7 heteroatoms. The molecule has 0 unspecified atom stereocenters. The minimum atomic E-state index is -0.540. The predicted octanol–water partition coefficient (Wildman–Crippen LogP) is 2.00. The molecule has 0 aliphatic rings. The average Bonchev–Trinajstić information content (AvgIpc) is 2.38. The van der Waals surface area contributed by atoms with Crippen molar-refractivity contribution in [3.63, 3.8) is 0 Å². The predicted molar refractivity (Wildman–Crippen MR) is 80.1 cm³/mol. The highest BCUT2D eigenvalue weighted by atomic mass is 32.2. The van der Waals surface area contributed by atoms with Crippen LogP contribution >= 0.6 is 11.8 Å². The van der Waals surface area contributed by atoms with Crippen molar-refractivity contribution in [2.45, 2.75) is 32.1 Å². The fraction of sp³-hybridized carbons (Fsp3) is 0.429. The summed E-state index contributed by atoms with van der Waals surface area (Å²) in [5, 5.41) is 0. The fourth-order valence-electron chi connectivity index (χ4n) is 1.53. The van der Waals surface area contributed by atoms with E-state index in [9.17, 15) is 14.0 Å². The van der Waals surface area contributed by atoms with Gasteiger partial charge in [0.1, 0.15) is 11.4 Å². The largest absolute Gasteiger partial charge is 0.459 e. The smallest absolute Gasteiger partial charge is 0.316 e. The molecule has 116 valence electrons. The summed E-state index contributed by atoms with van der Waals surface area (Å²) in [5.74, 6) is 4.13. The van der Waals surface area contributed by atoms with E-state index in [1.807, 2.05) is 5.43 Å². The first kappa shape index (κ1) is 17.5. The van der Waals surface area contributed by atoms with E-state index < -0.39 is 17.3 Å². The van der Waals surface area contributed by atoms with Gasteiger partial charge in [-0.3, -0.25) is 15.0 Å². The summed E-state index contributed by atoms with van der Waals surface area (Å²) >= 11 is 1.22. The van der Waals surface area contributed by atoms with Crippen molar-refractivity contribution in [2.24, 2.45) is 5.84 Å². The molecule has 0 aliphatic carbocycles. The number of carbonyl (C=O) groups is 2. The van der Waals surface area contributed by atoms with E-state index in [2.05, 4.69) is 0 Å². The van der Waals surface area contributed by atoms with Crippen LogP contribution in [0.3, 0.4) is 0 Å². The maximum absolute atomic E-state index is 13.6. The van der Waals surface area contributed by atoms with Gasteiger partial charge in [0.15, 0.2) is 0 Å². The van der Waals surface area contributed by atoms with Crippen LogP contribution in [0.5, 0.6) is 0 Å². The molecule has 3 N–H and O–H groups in total. The Hall–Kier alpha value is -1.60. The number of hydrogen-bond donors (Lipinski definition) is 2. The molecule has 0 atom stereocenters. The van der Waals surface area contributed by atoms with Gasteiger partial charge in [-0.05, 0) is 44.5 Å². The molecular formula is C14H19FN2O3S. The number of nitrogens with one attached hydrogen (secondary N) is 1. The zero-order valence-corrected chi connectivity index (χ0v) is 13.1. The Morgan fingerprint density at radius 3 is 2.62 bits per heavy atom. The highest BCUT2D eigenvalue weighted by Gasteiger charge is 2.16. The first-order valence-corrected chi connectivity index (χ1v) is 7.47. The number of ether oxygens (including phenoxy) is 1. The number of hydrazine groups is 1. The van der Waals surface area contributed by atoms with Crippen LogP contribution in [0.15, 0.2) is 18.2 Å². The van der Waals surface area contributed by atoms with Crippen LogP contribution in [-0.2, 0) is 15.3 Å². The standard InChI is InChI=1S/C14H19FN2O3S/c1-14(2,3)20-12(18)8-21-7-10-6-9(13(19)17-16)4-5-11(10)15/h4-6H,7-8,16H2,1-3H3,(H,17,19). The maximum Gasteiger partial charge on any atom is 0.316 e. The summed E-state index contributed by atoms with van der Waals surface area (Å²) < 4.78 is 18.8. The Balaban J connectivity index is 2.59. The summed E-state index contributed by atoms with van der Waals surface area (Å²) in [6.45, 7) is 5.35. The van der Waals surface area contributed by atoms with Gasteiger partial charge >= 0.3 is 5.97 Å². The van der Waals surface area contributed by atoms with E-state index in [0.717, 1.165) is 0 Å². The lowest BCUT2D eigenvalue weighted by Gasteiger charge is -2.19. The third-order valence-electron chi connectivity index (χ3n) is 2.34. The van der Waals surface area contributed by atoms with Crippen LogP contribution in [-0.4, -0.2) is 23.2 Å². The van der Waals surface area contributed by atoms with Crippen molar-refractivity contribution in [3.05, 3.63) is 35.1 Å². The van der Waals surface area contributed by atoms with Gasteiger partial charge in [0, 0.05) is 11.3 Å². The molecule has 0 bridgehead atoms. The van der Waals surface area contributed by atoms with Crippen LogP contribution in [0, 0.1) is 5.82 Å². The van der Waals surface area contributed by atoms with Crippen molar-refractivity contribution in [1.82, 2.24) is 5.43 Å². The number of thioether (sulfide) groups is 1. The third kappa shape index (κ3) is 6.14. The Bertz CT molecular complexity index is 529. The Labute approximate surface area is 127 Å². The number of carbonyl (C=O) groups excluding carboxylic acids is 2. The number of amides is 1. The zero-order chi connectivity index (χ0) is 16.0. The molecule has 5 nitrogen and oxygen atoms in total. The van der Waals surface area contributed by atoms with Crippen LogP contribution in [0.4, 0.5) is 4.39 Å². The summed E-state index contributed by atoms with van der Waals surface area (Å²) in [4.78, 5) is 22.9. The second-order valence-corrected chi connectivity index (χ2v) is 6.34. The zero-order valence-electron chi connectivity index (χ0n) is 12.2. The van der Waals surface area contributed by atoms with E-state index in [1.165, 1.54) is 30.0 Å². The van der Waals surface area contributed by atoms with Crippen molar-refractivity contribution in [1.29, 1.82) is 0 Å². The Morgan fingerprint density at radius 2 is 2.05 bits per heavy atom. The molecule has 21 heavy (non-hydrogen) atoms. The molecule has 0 aromatic heterocycles. The Morgan fingerprint density at radius 1 is 1.38 bits per heavy atom. The van der Waals surface area contributed by atoms with Crippen molar-refractivity contribution >= 4 is 23.6 Å². The number of nitrogens with two attached hydrogens (primary N) is 1. The lowest BCUT2D eigenvalue weighted by atomic mass is 10.1.